The van der Waals surface area contributed by atoms with Gasteiger partial charge in [0.05, 0.1) is 41.2 Å². The molecule has 3 aromatic rings. The van der Waals surface area contributed by atoms with Crippen molar-refractivity contribution in [2.75, 3.05) is 19.7 Å². The number of rotatable bonds is 3. The molecule has 33 heavy (non-hydrogen) atoms. The second-order valence-corrected chi connectivity index (χ2v) is 10.5. The van der Waals surface area contributed by atoms with Crippen LogP contribution in [0.2, 0.25) is 5.02 Å². The highest BCUT2D eigenvalue weighted by atomic mass is 79.9. The van der Waals surface area contributed by atoms with Crippen molar-refractivity contribution in [1.29, 1.82) is 0 Å². The Morgan fingerprint density at radius 3 is 2.82 bits per heavy atom. The third-order valence-corrected chi connectivity index (χ3v) is 6.09. The number of morpholine rings is 1. The van der Waals surface area contributed by atoms with Crippen molar-refractivity contribution in [3.63, 3.8) is 0 Å². The average Bonchev–Trinajstić information content (AvgIpc) is 3.03. The molecule has 0 N–H and O–H groups in total. The summed E-state index contributed by atoms with van der Waals surface area (Å²) >= 11 is 9.73. The van der Waals surface area contributed by atoms with Crippen LogP contribution < -0.4 is 0 Å². The third kappa shape index (κ3) is 5.34. The molecule has 0 radical (unpaired) electrons. The Bertz CT molecular complexity index is 1180. The van der Waals surface area contributed by atoms with Crippen molar-refractivity contribution in [2.24, 2.45) is 0 Å². The van der Waals surface area contributed by atoms with Gasteiger partial charge in [-0.05, 0) is 57.5 Å². The Morgan fingerprint density at radius 2 is 2.12 bits per heavy atom. The lowest BCUT2D eigenvalue weighted by molar-refractivity contribution is -0.0418. The van der Waals surface area contributed by atoms with E-state index in [1.807, 2.05) is 50.4 Å². The standard InChI is InChI=1S/C24H26BrClFN3O3/c1-14-5-6-30-19(12-16-13-29(7-8-32-16)23(31)33-24(2,3)4)22(28-20(30)9-14)21-17(26)10-15(25)11-18(21)27/h5-6,9-11,16H,7-8,12-13H2,1-4H3/t16-/m0/s1. The number of nitrogens with zero attached hydrogens (tertiary/aromatic N) is 3. The van der Waals surface area contributed by atoms with Crippen molar-refractivity contribution in [1.82, 2.24) is 14.3 Å². The Labute approximate surface area is 205 Å². The zero-order valence-corrected chi connectivity index (χ0v) is 21.3. The van der Waals surface area contributed by atoms with Gasteiger partial charge in [-0.15, -0.1) is 0 Å². The Hall–Kier alpha value is -2.16. The number of aryl methyl sites for hydroxylation is 1. The van der Waals surface area contributed by atoms with Gasteiger partial charge in [0.1, 0.15) is 17.1 Å². The molecule has 9 heteroatoms. The van der Waals surface area contributed by atoms with Crippen LogP contribution in [0.25, 0.3) is 16.9 Å². The Kier molecular flexibility index (Phi) is 6.71. The van der Waals surface area contributed by atoms with E-state index in [9.17, 15) is 4.79 Å². The van der Waals surface area contributed by atoms with Crippen molar-refractivity contribution in [3.05, 3.63) is 57.0 Å². The number of benzene rings is 1. The van der Waals surface area contributed by atoms with Gasteiger partial charge in [-0.3, -0.25) is 0 Å². The summed E-state index contributed by atoms with van der Waals surface area (Å²) in [6.45, 7) is 8.71. The zero-order valence-electron chi connectivity index (χ0n) is 19.0. The van der Waals surface area contributed by atoms with E-state index in [-0.39, 0.29) is 22.8 Å². The lowest BCUT2D eigenvalue weighted by Crippen LogP contribution is -2.48. The van der Waals surface area contributed by atoms with Gasteiger partial charge in [0.2, 0.25) is 0 Å². The van der Waals surface area contributed by atoms with Crippen LogP contribution in [0.4, 0.5) is 9.18 Å². The van der Waals surface area contributed by atoms with Crippen LogP contribution in [0.15, 0.2) is 34.9 Å². The smallest absolute Gasteiger partial charge is 0.410 e. The number of amides is 1. The molecule has 1 atom stereocenters. The maximum Gasteiger partial charge on any atom is 0.410 e. The molecule has 0 unspecified atom stereocenters. The number of pyridine rings is 1. The summed E-state index contributed by atoms with van der Waals surface area (Å²) < 4.78 is 29.0. The van der Waals surface area contributed by atoms with Crippen molar-refractivity contribution >= 4 is 39.3 Å². The molecule has 1 amide bonds. The molecular weight excluding hydrogens is 513 g/mol. The molecule has 0 bridgehead atoms. The first-order valence-electron chi connectivity index (χ1n) is 10.7. The van der Waals surface area contributed by atoms with Crippen LogP contribution in [0.3, 0.4) is 0 Å². The fraction of sp³-hybridized carbons (Fsp3) is 0.417. The van der Waals surface area contributed by atoms with Crippen LogP contribution in [-0.2, 0) is 15.9 Å². The lowest BCUT2D eigenvalue weighted by Gasteiger charge is -2.34. The molecule has 4 rings (SSSR count). The fourth-order valence-corrected chi connectivity index (χ4v) is 4.77. The molecule has 1 fully saturated rings. The fourth-order valence-electron chi connectivity index (χ4n) is 3.91. The SMILES string of the molecule is Cc1ccn2c(C[C@H]3CN(C(=O)OC(C)(C)C)CCO3)c(-c3c(F)cc(Br)cc3Cl)nc2c1. The summed E-state index contributed by atoms with van der Waals surface area (Å²) in [7, 11) is 0. The second kappa shape index (κ2) is 9.24. The summed E-state index contributed by atoms with van der Waals surface area (Å²) in [5.74, 6) is -0.462. The minimum Gasteiger partial charge on any atom is -0.444 e. The van der Waals surface area contributed by atoms with E-state index in [0.29, 0.717) is 41.9 Å². The summed E-state index contributed by atoms with van der Waals surface area (Å²) in [6.07, 6.45) is 1.66. The zero-order chi connectivity index (χ0) is 23.9. The highest BCUT2D eigenvalue weighted by Crippen LogP contribution is 2.36. The van der Waals surface area contributed by atoms with Crippen molar-refractivity contribution in [2.45, 2.75) is 45.8 Å². The number of hydrogen-bond acceptors (Lipinski definition) is 4. The van der Waals surface area contributed by atoms with Gasteiger partial charge in [-0.25, -0.2) is 14.2 Å². The van der Waals surface area contributed by atoms with E-state index in [1.165, 1.54) is 6.07 Å². The minimum absolute atomic E-state index is 0.246. The number of carbonyl (C=O) groups excluding carboxylic acids is 1. The molecule has 1 aromatic carbocycles. The summed E-state index contributed by atoms with van der Waals surface area (Å²) in [6, 6.07) is 6.94. The van der Waals surface area contributed by atoms with Gasteiger partial charge in [-0.1, -0.05) is 27.5 Å². The highest BCUT2D eigenvalue weighted by molar-refractivity contribution is 9.10. The normalized spacial score (nSPS) is 16.9. The topological polar surface area (TPSA) is 56.1 Å². The van der Waals surface area contributed by atoms with E-state index in [4.69, 9.17) is 26.1 Å². The summed E-state index contributed by atoms with van der Waals surface area (Å²) in [4.78, 5) is 19.0. The maximum absolute atomic E-state index is 15.0. The predicted octanol–water partition coefficient (Wildman–Crippen LogP) is 6.04. The lowest BCUT2D eigenvalue weighted by atomic mass is 10.0. The number of hydrogen-bond donors (Lipinski definition) is 0. The van der Waals surface area contributed by atoms with Crippen LogP contribution >= 0.6 is 27.5 Å². The third-order valence-electron chi connectivity index (χ3n) is 5.34. The van der Waals surface area contributed by atoms with Gasteiger partial charge < -0.3 is 18.8 Å². The number of fused-ring (bicyclic) bond motifs is 1. The van der Waals surface area contributed by atoms with Gasteiger partial charge in [0.15, 0.2) is 0 Å². The molecule has 6 nitrogen and oxygen atoms in total. The first-order chi connectivity index (χ1) is 15.5. The summed E-state index contributed by atoms with van der Waals surface area (Å²) in [5.41, 5.74) is 2.64. The van der Waals surface area contributed by atoms with Crippen LogP contribution in [0.5, 0.6) is 0 Å². The monoisotopic (exact) mass is 537 g/mol. The van der Waals surface area contributed by atoms with E-state index in [2.05, 4.69) is 15.9 Å². The molecular formula is C24H26BrClFN3O3. The molecule has 1 saturated heterocycles. The van der Waals surface area contributed by atoms with Gasteiger partial charge in [0.25, 0.3) is 0 Å². The summed E-state index contributed by atoms with van der Waals surface area (Å²) in [5, 5.41) is 0.267. The van der Waals surface area contributed by atoms with E-state index in [0.717, 1.165) is 11.3 Å². The van der Waals surface area contributed by atoms with Gasteiger partial charge >= 0.3 is 6.09 Å². The average molecular weight is 539 g/mol. The molecule has 1 aliphatic rings. The number of aromatic nitrogens is 2. The van der Waals surface area contributed by atoms with Crippen molar-refractivity contribution < 1.29 is 18.7 Å². The molecule has 2 aromatic heterocycles. The minimum atomic E-state index is -0.576. The Balaban J connectivity index is 1.70. The number of halogens is 3. The first-order valence-corrected chi connectivity index (χ1v) is 11.9. The molecule has 3 heterocycles. The number of carbonyl (C=O) groups is 1. The molecule has 1 aliphatic heterocycles. The van der Waals surface area contributed by atoms with Crippen LogP contribution in [0, 0.1) is 12.7 Å². The quantitative estimate of drug-likeness (QED) is 0.408. The molecule has 176 valence electrons. The van der Waals surface area contributed by atoms with Gasteiger partial charge in [-0.2, -0.15) is 0 Å². The van der Waals surface area contributed by atoms with Gasteiger partial charge in [0, 0.05) is 23.6 Å². The second-order valence-electron chi connectivity index (χ2n) is 9.21. The molecule has 0 saturated carbocycles. The van der Waals surface area contributed by atoms with E-state index in [1.54, 1.807) is 11.0 Å². The number of ether oxygens (including phenoxy) is 2. The van der Waals surface area contributed by atoms with Crippen LogP contribution in [0.1, 0.15) is 32.0 Å². The maximum atomic E-state index is 15.0. The van der Waals surface area contributed by atoms with E-state index >= 15 is 4.39 Å². The largest absolute Gasteiger partial charge is 0.444 e. The molecule has 0 aliphatic carbocycles. The van der Waals surface area contributed by atoms with E-state index < -0.39 is 11.4 Å². The van der Waals surface area contributed by atoms with Crippen molar-refractivity contribution in [3.8, 4) is 11.3 Å². The first kappa shape index (κ1) is 24.0. The molecule has 0 spiro atoms. The number of imidazole rings is 1. The Morgan fingerprint density at radius 1 is 1.36 bits per heavy atom. The predicted molar refractivity (Wildman–Crippen MR) is 129 cm³/mol. The highest BCUT2D eigenvalue weighted by Gasteiger charge is 2.30. The van der Waals surface area contributed by atoms with Crippen LogP contribution in [-0.4, -0.2) is 51.8 Å².